The molecule has 0 heterocycles. The summed E-state index contributed by atoms with van der Waals surface area (Å²) in [5.41, 5.74) is 0.0889. The highest BCUT2D eigenvalue weighted by molar-refractivity contribution is 7.90. The molecule has 0 spiro atoms. The first kappa shape index (κ1) is 20.1. The summed E-state index contributed by atoms with van der Waals surface area (Å²) in [6.45, 7) is 1.72. The Labute approximate surface area is 155 Å². The second kappa shape index (κ2) is 8.01. The predicted octanol–water partition coefficient (Wildman–Crippen LogP) is 4.56. The summed E-state index contributed by atoms with van der Waals surface area (Å²) in [4.78, 5) is 11.6. The fourth-order valence-corrected chi connectivity index (χ4v) is 3.59. The highest BCUT2D eigenvalue weighted by atomic mass is 35.5. The summed E-state index contributed by atoms with van der Waals surface area (Å²) in [6, 6.07) is 9.16. The minimum atomic E-state index is -3.81. The van der Waals surface area contributed by atoms with Crippen molar-refractivity contribution in [1.29, 1.82) is 0 Å². The first-order valence-corrected chi connectivity index (χ1v) is 9.80. The molecule has 2 rings (SSSR count). The van der Waals surface area contributed by atoms with E-state index in [9.17, 15) is 22.0 Å². The molecule has 0 saturated heterocycles. The molecule has 140 valence electrons. The van der Waals surface area contributed by atoms with Crippen molar-refractivity contribution in [3.8, 4) is 0 Å². The molecule has 9 heteroatoms. The lowest BCUT2D eigenvalue weighted by Gasteiger charge is -2.17. The number of benzene rings is 2. The minimum absolute atomic E-state index is 0.0524. The third kappa shape index (κ3) is 4.92. The third-order valence-electron chi connectivity index (χ3n) is 3.62. The monoisotopic (exact) mass is 402 g/mol. The van der Waals surface area contributed by atoms with E-state index < -0.39 is 38.8 Å². The van der Waals surface area contributed by atoms with Gasteiger partial charge in [0.15, 0.2) is 9.84 Å². The summed E-state index contributed by atoms with van der Waals surface area (Å²) in [7, 11) is -3.81. The number of urea groups is 1. The van der Waals surface area contributed by atoms with E-state index in [4.69, 9.17) is 11.6 Å². The molecule has 2 aromatic rings. The minimum Gasteiger partial charge on any atom is -0.331 e. The van der Waals surface area contributed by atoms with Gasteiger partial charge in [-0.05, 0) is 36.8 Å². The van der Waals surface area contributed by atoms with Gasteiger partial charge in [0.25, 0.3) is 6.43 Å². The van der Waals surface area contributed by atoms with Gasteiger partial charge in [-0.3, -0.25) is 0 Å². The second-order valence-electron chi connectivity index (χ2n) is 5.67. The fraction of sp³-hybridized carbons (Fsp3) is 0.235. The van der Waals surface area contributed by atoms with Crippen molar-refractivity contribution in [2.45, 2.75) is 24.3 Å². The van der Waals surface area contributed by atoms with Crippen molar-refractivity contribution in [2.24, 2.45) is 0 Å². The van der Waals surface area contributed by atoms with Gasteiger partial charge in [-0.25, -0.2) is 22.0 Å². The molecule has 5 nitrogen and oxygen atoms in total. The zero-order valence-corrected chi connectivity index (χ0v) is 15.5. The molecule has 0 aromatic heterocycles. The standard InChI is InChI=1S/C17H17ClF2N2O3S/c1-10(12-5-3-4-6-14(12)18)21-17(23)22-11-7-8-15(26(2,24)25)13(9-11)16(19)20/h3-10,16H,1-2H3,(H2,21,22,23). The van der Waals surface area contributed by atoms with E-state index in [0.29, 0.717) is 10.6 Å². The van der Waals surface area contributed by atoms with Crippen molar-refractivity contribution in [1.82, 2.24) is 5.32 Å². The maximum atomic E-state index is 13.1. The second-order valence-corrected chi connectivity index (χ2v) is 8.06. The van der Waals surface area contributed by atoms with Gasteiger partial charge >= 0.3 is 6.03 Å². The molecule has 0 aliphatic heterocycles. The number of hydrogen-bond acceptors (Lipinski definition) is 3. The smallest absolute Gasteiger partial charge is 0.319 e. The lowest BCUT2D eigenvalue weighted by atomic mass is 10.1. The van der Waals surface area contributed by atoms with Gasteiger partial charge in [-0.1, -0.05) is 29.8 Å². The van der Waals surface area contributed by atoms with Gasteiger partial charge < -0.3 is 10.6 Å². The van der Waals surface area contributed by atoms with Crippen molar-refractivity contribution >= 4 is 33.2 Å². The highest BCUT2D eigenvalue weighted by Crippen LogP contribution is 2.29. The predicted molar refractivity (Wildman–Crippen MR) is 96.5 cm³/mol. The maximum Gasteiger partial charge on any atom is 0.319 e. The van der Waals surface area contributed by atoms with Gasteiger partial charge in [0.2, 0.25) is 0 Å². The van der Waals surface area contributed by atoms with E-state index in [1.54, 1.807) is 31.2 Å². The summed E-state index contributed by atoms with van der Waals surface area (Å²) < 4.78 is 49.4. The molecular formula is C17H17ClF2N2O3S. The number of amides is 2. The van der Waals surface area contributed by atoms with Crippen LogP contribution in [0.3, 0.4) is 0 Å². The van der Waals surface area contributed by atoms with Crippen LogP contribution in [0.2, 0.25) is 5.02 Å². The first-order valence-electron chi connectivity index (χ1n) is 7.53. The van der Waals surface area contributed by atoms with Crippen molar-refractivity contribution < 1.29 is 22.0 Å². The number of halogens is 3. The Hall–Kier alpha value is -2.19. The SMILES string of the molecule is CC(NC(=O)Nc1ccc(S(C)(=O)=O)c(C(F)F)c1)c1ccccc1Cl. The van der Waals surface area contributed by atoms with Crippen LogP contribution in [0, 0.1) is 0 Å². The van der Waals surface area contributed by atoms with E-state index in [1.165, 1.54) is 6.07 Å². The number of hydrogen-bond donors (Lipinski definition) is 2. The Morgan fingerprint density at radius 3 is 2.35 bits per heavy atom. The number of anilines is 1. The number of sulfone groups is 1. The molecule has 0 fully saturated rings. The number of rotatable bonds is 5. The van der Waals surface area contributed by atoms with Crippen LogP contribution >= 0.6 is 11.6 Å². The molecular weight excluding hydrogens is 386 g/mol. The molecule has 0 aliphatic carbocycles. The Morgan fingerprint density at radius 2 is 1.77 bits per heavy atom. The summed E-state index contributed by atoms with van der Waals surface area (Å²) in [5, 5.41) is 5.54. The van der Waals surface area contributed by atoms with Gasteiger partial charge in [0.1, 0.15) is 0 Å². The Balaban J connectivity index is 2.17. The van der Waals surface area contributed by atoms with Gasteiger partial charge in [0, 0.05) is 22.5 Å². The van der Waals surface area contributed by atoms with Crippen LogP contribution in [-0.4, -0.2) is 20.7 Å². The molecule has 0 aliphatic rings. The van der Waals surface area contributed by atoms with Crippen molar-refractivity contribution in [3.63, 3.8) is 0 Å². The Bertz CT molecular complexity index is 920. The lowest BCUT2D eigenvalue weighted by Crippen LogP contribution is -2.31. The largest absolute Gasteiger partial charge is 0.331 e. The molecule has 2 N–H and O–H groups in total. The normalized spacial score (nSPS) is 12.7. The summed E-state index contributed by atoms with van der Waals surface area (Å²) >= 11 is 6.07. The third-order valence-corrected chi connectivity index (χ3v) is 5.14. The van der Waals surface area contributed by atoms with Crippen LogP contribution in [0.5, 0.6) is 0 Å². The summed E-state index contributed by atoms with van der Waals surface area (Å²) in [6.07, 6.45) is -2.15. The topological polar surface area (TPSA) is 75.3 Å². The lowest BCUT2D eigenvalue weighted by molar-refractivity contribution is 0.148. The molecule has 0 saturated carbocycles. The van der Waals surface area contributed by atoms with Crippen LogP contribution in [-0.2, 0) is 9.84 Å². The van der Waals surface area contributed by atoms with Gasteiger partial charge in [0.05, 0.1) is 10.9 Å². The molecule has 2 amide bonds. The van der Waals surface area contributed by atoms with E-state index in [2.05, 4.69) is 10.6 Å². The Morgan fingerprint density at radius 1 is 1.12 bits per heavy atom. The van der Waals surface area contributed by atoms with Crippen LogP contribution in [0.15, 0.2) is 47.4 Å². The quantitative estimate of drug-likeness (QED) is 0.769. The molecule has 1 unspecified atom stereocenters. The molecule has 26 heavy (non-hydrogen) atoms. The van der Waals surface area contributed by atoms with E-state index in [-0.39, 0.29) is 5.69 Å². The van der Waals surface area contributed by atoms with Crippen LogP contribution in [0.25, 0.3) is 0 Å². The number of carbonyl (C=O) groups is 1. The number of alkyl halides is 2. The van der Waals surface area contributed by atoms with Crippen LogP contribution in [0.1, 0.15) is 30.5 Å². The van der Waals surface area contributed by atoms with Crippen molar-refractivity contribution in [2.75, 3.05) is 11.6 Å². The molecule has 1 atom stereocenters. The molecule has 0 radical (unpaired) electrons. The highest BCUT2D eigenvalue weighted by Gasteiger charge is 2.21. The Kier molecular flexibility index (Phi) is 6.20. The number of nitrogens with one attached hydrogen (secondary N) is 2. The van der Waals surface area contributed by atoms with Crippen molar-refractivity contribution in [3.05, 3.63) is 58.6 Å². The summed E-state index contributed by atoms with van der Waals surface area (Å²) in [5.74, 6) is 0. The zero-order valence-electron chi connectivity index (χ0n) is 14.0. The van der Waals surface area contributed by atoms with Gasteiger partial charge in [-0.15, -0.1) is 0 Å². The number of carbonyl (C=O) groups excluding carboxylic acids is 1. The zero-order chi connectivity index (χ0) is 19.5. The maximum absolute atomic E-state index is 13.1. The van der Waals surface area contributed by atoms with E-state index in [1.807, 2.05) is 0 Å². The van der Waals surface area contributed by atoms with Crippen LogP contribution < -0.4 is 10.6 Å². The van der Waals surface area contributed by atoms with E-state index in [0.717, 1.165) is 18.4 Å². The average Bonchev–Trinajstić information content (AvgIpc) is 2.53. The van der Waals surface area contributed by atoms with Crippen LogP contribution in [0.4, 0.5) is 19.3 Å². The molecule has 2 aromatic carbocycles. The first-order chi connectivity index (χ1) is 12.1. The molecule has 0 bridgehead atoms. The fourth-order valence-electron chi connectivity index (χ4n) is 2.40. The van der Waals surface area contributed by atoms with Gasteiger partial charge in [-0.2, -0.15) is 0 Å². The average molecular weight is 403 g/mol. The van der Waals surface area contributed by atoms with E-state index >= 15 is 0 Å².